The molecule has 1 aromatic heterocycles. The Bertz CT molecular complexity index is 1030. The van der Waals surface area contributed by atoms with Gasteiger partial charge in [0.2, 0.25) is 5.76 Å². The Morgan fingerprint density at radius 2 is 1.89 bits per heavy atom. The third kappa shape index (κ3) is 3.78. The molecule has 8 heteroatoms. The van der Waals surface area contributed by atoms with Gasteiger partial charge in [0.15, 0.2) is 11.6 Å². The molecule has 0 atom stereocenters. The number of benzene rings is 2. The Kier molecular flexibility index (Phi) is 5.41. The van der Waals surface area contributed by atoms with Crippen molar-refractivity contribution < 1.29 is 27.5 Å². The maximum Gasteiger partial charge on any atom is 0.374 e. The predicted molar refractivity (Wildman–Crippen MR) is 94.7 cm³/mol. The van der Waals surface area contributed by atoms with Crippen LogP contribution in [0.3, 0.4) is 0 Å². The van der Waals surface area contributed by atoms with Gasteiger partial charge >= 0.3 is 5.97 Å². The van der Waals surface area contributed by atoms with E-state index in [1.165, 1.54) is 0 Å². The van der Waals surface area contributed by atoms with Crippen molar-refractivity contribution in [2.75, 3.05) is 6.61 Å². The zero-order chi connectivity index (χ0) is 19.6. The number of hydrogen-bond acceptors (Lipinski definition) is 4. The zero-order valence-corrected chi connectivity index (χ0v) is 14.9. The summed E-state index contributed by atoms with van der Waals surface area (Å²) in [5.41, 5.74) is 0.646. The van der Waals surface area contributed by atoms with Gasteiger partial charge in [-0.15, -0.1) is 0 Å². The maximum atomic E-state index is 13.4. The lowest BCUT2D eigenvalue weighted by molar-refractivity contribution is 0.0490. The van der Waals surface area contributed by atoms with Crippen molar-refractivity contribution in [3.8, 4) is 0 Å². The van der Waals surface area contributed by atoms with Crippen LogP contribution in [0.25, 0.3) is 11.0 Å². The molecule has 1 N–H and O–H groups in total. The number of halogens is 3. The Morgan fingerprint density at radius 1 is 1.19 bits per heavy atom. The number of fused-ring (bicyclic) bond motifs is 1. The molecule has 0 radical (unpaired) electrons. The van der Waals surface area contributed by atoms with E-state index < -0.39 is 23.5 Å². The average molecular weight is 394 g/mol. The van der Waals surface area contributed by atoms with E-state index in [4.69, 9.17) is 20.8 Å². The molecule has 140 valence electrons. The quantitative estimate of drug-likeness (QED) is 0.513. The van der Waals surface area contributed by atoms with Gasteiger partial charge in [0.25, 0.3) is 5.91 Å². The Balaban J connectivity index is 1.90. The number of para-hydroxylation sites is 1. The fourth-order valence-corrected chi connectivity index (χ4v) is 2.83. The van der Waals surface area contributed by atoms with Crippen molar-refractivity contribution in [2.45, 2.75) is 13.5 Å². The topological polar surface area (TPSA) is 68.5 Å². The molecule has 0 aliphatic heterocycles. The van der Waals surface area contributed by atoms with E-state index in [9.17, 15) is 18.4 Å². The number of nitrogens with one attached hydrogen (secondary N) is 1. The summed E-state index contributed by atoms with van der Waals surface area (Å²) in [4.78, 5) is 24.5. The van der Waals surface area contributed by atoms with Crippen molar-refractivity contribution in [3.05, 3.63) is 69.9 Å². The van der Waals surface area contributed by atoms with Crippen LogP contribution in [0.2, 0.25) is 5.02 Å². The van der Waals surface area contributed by atoms with E-state index in [0.717, 1.165) is 6.07 Å². The second-order valence-electron chi connectivity index (χ2n) is 5.56. The molecule has 0 spiro atoms. The van der Waals surface area contributed by atoms with Crippen LogP contribution >= 0.6 is 11.6 Å². The Hall–Kier alpha value is -2.93. The number of carbonyl (C=O) groups excluding carboxylic acids is 2. The highest BCUT2D eigenvalue weighted by molar-refractivity contribution is 6.33. The second kappa shape index (κ2) is 7.75. The summed E-state index contributed by atoms with van der Waals surface area (Å²) in [7, 11) is 0. The molecule has 0 fully saturated rings. The summed E-state index contributed by atoms with van der Waals surface area (Å²) in [5, 5.41) is 2.93. The van der Waals surface area contributed by atoms with Gasteiger partial charge < -0.3 is 14.5 Å². The molecule has 0 saturated carbocycles. The van der Waals surface area contributed by atoms with Crippen LogP contribution in [0, 0.1) is 11.6 Å². The average Bonchev–Trinajstić information content (AvgIpc) is 3.01. The van der Waals surface area contributed by atoms with Crippen LogP contribution in [-0.4, -0.2) is 18.5 Å². The molecule has 3 aromatic rings. The van der Waals surface area contributed by atoms with E-state index in [1.54, 1.807) is 31.2 Å². The lowest BCUT2D eigenvalue weighted by atomic mass is 10.1. The summed E-state index contributed by atoms with van der Waals surface area (Å²) in [5.74, 6) is -3.76. The molecule has 0 aliphatic carbocycles. The van der Waals surface area contributed by atoms with E-state index in [2.05, 4.69) is 5.32 Å². The van der Waals surface area contributed by atoms with Gasteiger partial charge in [-0.1, -0.05) is 29.8 Å². The van der Waals surface area contributed by atoms with E-state index >= 15 is 0 Å². The smallest absolute Gasteiger partial charge is 0.374 e. The lowest BCUT2D eigenvalue weighted by Gasteiger charge is -2.08. The van der Waals surface area contributed by atoms with Gasteiger partial charge in [0, 0.05) is 17.5 Å². The number of furan rings is 1. The summed E-state index contributed by atoms with van der Waals surface area (Å²) in [6.07, 6.45) is 0. The molecule has 1 amide bonds. The first-order chi connectivity index (χ1) is 12.9. The van der Waals surface area contributed by atoms with Gasteiger partial charge in [-0.25, -0.2) is 13.6 Å². The number of amides is 1. The summed E-state index contributed by atoms with van der Waals surface area (Å²) in [6.45, 7) is 1.72. The number of carbonyl (C=O) groups is 2. The largest absolute Gasteiger partial charge is 0.460 e. The standard InChI is InChI=1S/C19H14ClF2NO4/c1-2-26-19(25)17-12(10-5-3-4-6-16(10)27-17)9-23-18(24)11-7-14(21)15(22)8-13(11)20/h3-8H,2,9H2,1H3,(H,23,24). The maximum absolute atomic E-state index is 13.4. The lowest BCUT2D eigenvalue weighted by Crippen LogP contribution is -2.24. The first-order valence-corrected chi connectivity index (χ1v) is 8.40. The van der Waals surface area contributed by atoms with Gasteiger partial charge in [-0.2, -0.15) is 0 Å². The number of rotatable bonds is 5. The molecule has 0 saturated heterocycles. The highest BCUT2D eigenvalue weighted by Crippen LogP contribution is 2.27. The molecule has 5 nitrogen and oxygen atoms in total. The number of ether oxygens (including phenoxy) is 1. The Labute approximate surface area is 157 Å². The number of hydrogen-bond donors (Lipinski definition) is 1. The van der Waals surface area contributed by atoms with Crippen molar-refractivity contribution in [3.63, 3.8) is 0 Å². The first kappa shape index (κ1) is 18.8. The van der Waals surface area contributed by atoms with Crippen molar-refractivity contribution in [1.29, 1.82) is 0 Å². The molecule has 0 aliphatic rings. The molecule has 2 aromatic carbocycles. The monoisotopic (exact) mass is 393 g/mol. The molecule has 1 heterocycles. The van der Waals surface area contributed by atoms with Crippen LogP contribution in [0.1, 0.15) is 33.4 Å². The SMILES string of the molecule is CCOC(=O)c1oc2ccccc2c1CNC(=O)c1cc(F)c(F)cc1Cl. The minimum absolute atomic E-state index is 0.0327. The van der Waals surface area contributed by atoms with Gasteiger partial charge in [0.05, 0.1) is 17.2 Å². The molecular formula is C19H14ClF2NO4. The van der Waals surface area contributed by atoms with Crippen LogP contribution in [0.15, 0.2) is 40.8 Å². The van der Waals surface area contributed by atoms with E-state index in [1.807, 2.05) is 0 Å². The minimum Gasteiger partial charge on any atom is -0.460 e. The van der Waals surface area contributed by atoms with Crippen LogP contribution in [-0.2, 0) is 11.3 Å². The highest BCUT2D eigenvalue weighted by atomic mass is 35.5. The van der Waals surface area contributed by atoms with Crippen LogP contribution < -0.4 is 5.32 Å². The number of esters is 1. The molecule has 0 bridgehead atoms. The summed E-state index contributed by atoms with van der Waals surface area (Å²) >= 11 is 5.81. The third-order valence-electron chi connectivity index (χ3n) is 3.84. The molecule has 27 heavy (non-hydrogen) atoms. The van der Waals surface area contributed by atoms with Gasteiger partial charge in [-0.3, -0.25) is 4.79 Å². The van der Waals surface area contributed by atoms with Crippen LogP contribution in [0.4, 0.5) is 8.78 Å². The third-order valence-corrected chi connectivity index (χ3v) is 4.15. The van der Waals surface area contributed by atoms with Crippen molar-refractivity contribution in [1.82, 2.24) is 5.32 Å². The van der Waals surface area contributed by atoms with Gasteiger partial charge in [0.1, 0.15) is 5.58 Å². The van der Waals surface area contributed by atoms with Crippen molar-refractivity contribution in [2.24, 2.45) is 0 Å². The second-order valence-corrected chi connectivity index (χ2v) is 5.96. The Morgan fingerprint density at radius 3 is 2.63 bits per heavy atom. The predicted octanol–water partition coefficient (Wildman–Crippen LogP) is 4.47. The van der Waals surface area contributed by atoms with E-state index in [-0.39, 0.29) is 29.5 Å². The molecular weight excluding hydrogens is 380 g/mol. The normalized spacial score (nSPS) is 10.8. The summed E-state index contributed by atoms with van der Waals surface area (Å²) in [6, 6.07) is 8.34. The zero-order valence-electron chi connectivity index (χ0n) is 14.1. The van der Waals surface area contributed by atoms with E-state index in [0.29, 0.717) is 22.6 Å². The van der Waals surface area contributed by atoms with Crippen LogP contribution in [0.5, 0.6) is 0 Å². The summed E-state index contributed by atoms with van der Waals surface area (Å²) < 4.78 is 37.1. The molecule has 3 rings (SSSR count). The molecule has 0 unspecified atom stereocenters. The first-order valence-electron chi connectivity index (χ1n) is 8.02. The highest BCUT2D eigenvalue weighted by Gasteiger charge is 2.23. The fraction of sp³-hybridized carbons (Fsp3) is 0.158. The van der Waals surface area contributed by atoms with Gasteiger partial charge in [-0.05, 0) is 25.1 Å². The van der Waals surface area contributed by atoms with Crippen molar-refractivity contribution >= 4 is 34.4 Å². The fourth-order valence-electron chi connectivity index (χ4n) is 2.60. The minimum atomic E-state index is -1.19.